The molecule has 0 saturated heterocycles. The number of nitriles is 1. The molecule has 5 heteroatoms. The van der Waals surface area contributed by atoms with Crippen LogP contribution < -0.4 is 0 Å². The predicted octanol–water partition coefficient (Wildman–Crippen LogP) is 4.00. The molecule has 19 heavy (non-hydrogen) atoms. The Labute approximate surface area is 116 Å². The Bertz CT molecular complexity index is 797. The van der Waals surface area contributed by atoms with E-state index >= 15 is 0 Å². The van der Waals surface area contributed by atoms with Crippen molar-refractivity contribution in [3.05, 3.63) is 52.3 Å². The Morgan fingerprint density at radius 2 is 2.11 bits per heavy atom. The smallest absolute Gasteiger partial charge is 0.142 e. The van der Waals surface area contributed by atoms with E-state index in [0.717, 1.165) is 0 Å². The molecule has 0 spiro atoms. The van der Waals surface area contributed by atoms with Crippen molar-refractivity contribution in [2.45, 2.75) is 0 Å². The molecule has 0 aliphatic rings. The van der Waals surface area contributed by atoms with Crippen LogP contribution in [0.5, 0.6) is 0 Å². The van der Waals surface area contributed by atoms with E-state index in [2.05, 4.69) is 32.0 Å². The zero-order chi connectivity index (χ0) is 13.4. The fraction of sp³-hybridized carbons (Fsp3) is 0. The third-order valence-corrected chi connectivity index (χ3v) is 3.47. The quantitative estimate of drug-likeness (QED) is 0.737. The Morgan fingerprint density at radius 1 is 1.26 bits per heavy atom. The molecule has 0 amide bonds. The lowest BCUT2D eigenvalue weighted by Crippen LogP contribution is -1.87. The first-order chi connectivity index (χ1) is 9.19. The van der Waals surface area contributed by atoms with Crippen molar-refractivity contribution >= 4 is 27.0 Å². The largest absolute Gasteiger partial charge is 0.338 e. The molecule has 3 rings (SSSR count). The second-order valence-corrected chi connectivity index (χ2v) is 4.88. The highest BCUT2D eigenvalue weighted by atomic mass is 79.9. The highest BCUT2D eigenvalue weighted by Gasteiger charge is 2.13. The minimum absolute atomic E-state index is 0.353. The summed E-state index contributed by atoms with van der Waals surface area (Å²) in [5.41, 5.74) is 2.33. The van der Waals surface area contributed by atoms with Gasteiger partial charge in [-0.15, -0.1) is 0 Å². The summed E-state index contributed by atoms with van der Waals surface area (Å²) >= 11 is 3.32. The summed E-state index contributed by atoms with van der Waals surface area (Å²) in [5, 5.41) is 8.86. The molecule has 0 atom stereocenters. The van der Waals surface area contributed by atoms with Crippen molar-refractivity contribution in [1.29, 1.82) is 5.26 Å². The van der Waals surface area contributed by atoms with Gasteiger partial charge in [0.2, 0.25) is 0 Å². The summed E-state index contributed by atoms with van der Waals surface area (Å²) < 4.78 is 14.5. The van der Waals surface area contributed by atoms with E-state index in [1.807, 2.05) is 0 Å². The number of imidazole rings is 1. The highest BCUT2D eigenvalue weighted by molar-refractivity contribution is 9.10. The first kappa shape index (κ1) is 11.9. The van der Waals surface area contributed by atoms with Crippen LogP contribution in [0, 0.1) is 17.1 Å². The van der Waals surface area contributed by atoms with Gasteiger partial charge in [0, 0.05) is 4.47 Å². The van der Waals surface area contributed by atoms with Crippen LogP contribution in [-0.4, -0.2) is 9.97 Å². The third kappa shape index (κ3) is 2.00. The topological polar surface area (TPSA) is 52.5 Å². The minimum atomic E-state index is -0.353. The zero-order valence-electron chi connectivity index (χ0n) is 9.61. The van der Waals surface area contributed by atoms with E-state index in [-0.39, 0.29) is 5.82 Å². The van der Waals surface area contributed by atoms with Crippen LogP contribution in [0.1, 0.15) is 5.56 Å². The van der Waals surface area contributed by atoms with Gasteiger partial charge in [-0.05, 0) is 46.3 Å². The number of hydrogen-bond donors (Lipinski definition) is 1. The van der Waals surface area contributed by atoms with Crippen molar-refractivity contribution < 1.29 is 4.39 Å². The standard InChI is InChI=1S/C14H7BrFN3/c15-9-2-1-3-10(16)13(9)14-18-11-5-4-8(7-17)6-12(11)19-14/h1-6H,(H,18,19). The van der Waals surface area contributed by atoms with E-state index in [9.17, 15) is 4.39 Å². The van der Waals surface area contributed by atoms with Crippen molar-refractivity contribution in [1.82, 2.24) is 9.97 Å². The fourth-order valence-corrected chi connectivity index (χ4v) is 2.45. The first-order valence-electron chi connectivity index (χ1n) is 5.53. The number of halogens is 2. The maximum absolute atomic E-state index is 13.9. The molecule has 0 radical (unpaired) electrons. The van der Waals surface area contributed by atoms with Crippen LogP contribution in [0.4, 0.5) is 4.39 Å². The molecule has 3 aromatic rings. The number of H-pyrrole nitrogens is 1. The average Bonchev–Trinajstić information content (AvgIpc) is 2.80. The molecule has 0 saturated carbocycles. The van der Waals surface area contributed by atoms with Gasteiger partial charge < -0.3 is 4.98 Å². The number of nitrogens with zero attached hydrogens (tertiary/aromatic N) is 2. The molecule has 0 bridgehead atoms. The minimum Gasteiger partial charge on any atom is -0.338 e. The number of nitrogens with one attached hydrogen (secondary N) is 1. The van der Waals surface area contributed by atoms with Gasteiger partial charge in [-0.3, -0.25) is 0 Å². The number of rotatable bonds is 1. The SMILES string of the molecule is N#Cc1ccc2nc(-c3c(F)cccc3Br)[nH]c2c1. The van der Waals surface area contributed by atoms with E-state index in [1.165, 1.54) is 6.07 Å². The lowest BCUT2D eigenvalue weighted by Gasteiger charge is -2.01. The number of aromatic nitrogens is 2. The molecule has 1 aromatic heterocycles. The number of aromatic amines is 1. The van der Waals surface area contributed by atoms with Crippen LogP contribution in [0.2, 0.25) is 0 Å². The van der Waals surface area contributed by atoms with Gasteiger partial charge in [0.05, 0.1) is 28.2 Å². The third-order valence-electron chi connectivity index (χ3n) is 2.81. The van der Waals surface area contributed by atoms with Gasteiger partial charge in [0.15, 0.2) is 0 Å². The average molecular weight is 316 g/mol. The second kappa shape index (κ2) is 4.48. The molecule has 0 fully saturated rings. The Kier molecular flexibility index (Phi) is 2.80. The van der Waals surface area contributed by atoms with Crippen molar-refractivity contribution in [3.8, 4) is 17.5 Å². The normalized spacial score (nSPS) is 10.6. The van der Waals surface area contributed by atoms with Crippen LogP contribution in [0.3, 0.4) is 0 Å². The molecule has 92 valence electrons. The summed E-state index contributed by atoms with van der Waals surface area (Å²) in [6.07, 6.45) is 0. The molecule has 0 aliphatic heterocycles. The van der Waals surface area contributed by atoms with Crippen molar-refractivity contribution in [3.63, 3.8) is 0 Å². The molecule has 2 aromatic carbocycles. The molecule has 3 nitrogen and oxygen atoms in total. The second-order valence-electron chi connectivity index (χ2n) is 4.03. The van der Waals surface area contributed by atoms with E-state index in [4.69, 9.17) is 5.26 Å². The molecule has 1 heterocycles. The summed E-state index contributed by atoms with van der Waals surface area (Å²) in [4.78, 5) is 7.38. The summed E-state index contributed by atoms with van der Waals surface area (Å²) in [6, 6.07) is 11.9. The lowest BCUT2D eigenvalue weighted by molar-refractivity contribution is 0.629. The molecular formula is C14H7BrFN3. The summed E-state index contributed by atoms with van der Waals surface area (Å²) in [5.74, 6) is 0.0870. The van der Waals surface area contributed by atoms with E-state index in [1.54, 1.807) is 30.3 Å². The fourth-order valence-electron chi connectivity index (χ4n) is 1.92. The predicted molar refractivity (Wildman–Crippen MR) is 73.9 cm³/mol. The van der Waals surface area contributed by atoms with Gasteiger partial charge in [-0.1, -0.05) is 6.07 Å². The number of benzene rings is 2. The van der Waals surface area contributed by atoms with Crippen LogP contribution in [0.25, 0.3) is 22.4 Å². The van der Waals surface area contributed by atoms with Crippen molar-refractivity contribution in [2.24, 2.45) is 0 Å². The van der Waals surface area contributed by atoms with E-state index < -0.39 is 0 Å². The van der Waals surface area contributed by atoms with Crippen LogP contribution in [-0.2, 0) is 0 Å². The molecule has 0 aliphatic carbocycles. The molecular weight excluding hydrogens is 309 g/mol. The maximum atomic E-state index is 13.9. The Balaban J connectivity index is 2.24. The Morgan fingerprint density at radius 3 is 2.84 bits per heavy atom. The maximum Gasteiger partial charge on any atom is 0.142 e. The molecule has 1 N–H and O–H groups in total. The molecule has 0 unspecified atom stereocenters. The van der Waals surface area contributed by atoms with Gasteiger partial charge in [-0.25, -0.2) is 9.37 Å². The first-order valence-corrected chi connectivity index (χ1v) is 6.32. The highest BCUT2D eigenvalue weighted by Crippen LogP contribution is 2.30. The van der Waals surface area contributed by atoms with Gasteiger partial charge in [-0.2, -0.15) is 5.26 Å². The monoisotopic (exact) mass is 315 g/mol. The van der Waals surface area contributed by atoms with Gasteiger partial charge in [0.25, 0.3) is 0 Å². The van der Waals surface area contributed by atoms with Gasteiger partial charge in [0.1, 0.15) is 11.6 Å². The number of fused-ring (bicyclic) bond motifs is 1. The zero-order valence-corrected chi connectivity index (χ0v) is 11.2. The van der Waals surface area contributed by atoms with Crippen molar-refractivity contribution in [2.75, 3.05) is 0 Å². The van der Waals surface area contributed by atoms with Gasteiger partial charge >= 0.3 is 0 Å². The Hall–Kier alpha value is -2.19. The van der Waals surface area contributed by atoms with Crippen LogP contribution in [0.15, 0.2) is 40.9 Å². The summed E-state index contributed by atoms with van der Waals surface area (Å²) in [7, 11) is 0. The summed E-state index contributed by atoms with van der Waals surface area (Å²) in [6.45, 7) is 0. The lowest BCUT2D eigenvalue weighted by atomic mass is 10.2. The van der Waals surface area contributed by atoms with Crippen LogP contribution >= 0.6 is 15.9 Å². The van der Waals surface area contributed by atoms with E-state index in [0.29, 0.717) is 32.5 Å². The number of hydrogen-bond acceptors (Lipinski definition) is 2.